The molecule has 0 heterocycles. The van der Waals surface area contributed by atoms with Crippen molar-refractivity contribution >= 4 is 13.3 Å². The summed E-state index contributed by atoms with van der Waals surface area (Å²) in [4.78, 5) is 0. The molecule has 1 aromatic rings. The van der Waals surface area contributed by atoms with Crippen LogP contribution in [0.3, 0.4) is 0 Å². The minimum atomic E-state index is -4.53. The zero-order valence-corrected chi connectivity index (χ0v) is 11.1. The fourth-order valence-corrected chi connectivity index (χ4v) is 2.93. The molecule has 2 N–H and O–H groups in total. The van der Waals surface area contributed by atoms with Gasteiger partial charge in [-0.3, -0.25) is 4.57 Å². The highest BCUT2D eigenvalue weighted by atomic mass is 31.2. The zero-order chi connectivity index (χ0) is 13.8. The molecule has 7 heteroatoms. The van der Waals surface area contributed by atoms with Crippen LogP contribution >= 0.6 is 7.60 Å². The predicted octanol–water partition coefficient (Wildman–Crippen LogP) is 3.58. The lowest BCUT2D eigenvalue weighted by Gasteiger charge is -2.25. The van der Waals surface area contributed by atoms with Gasteiger partial charge in [-0.05, 0) is 26.0 Å². The molecule has 0 unspecified atom stereocenters. The van der Waals surface area contributed by atoms with E-state index in [9.17, 15) is 13.3 Å². The van der Waals surface area contributed by atoms with Crippen LogP contribution in [-0.4, -0.2) is 13.2 Å². The Bertz CT molecular complexity index is 426. The lowest BCUT2D eigenvalue weighted by Crippen LogP contribution is -2.18. The number of nitrogen functional groups attached to an aromatic ring is 1. The number of benzene rings is 1. The van der Waals surface area contributed by atoms with Crippen LogP contribution in [0.25, 0.3) is 0 Å². The molecule has 0 atom stereocenters. The van der Waals surface area contributed by atoms with Crippen LogP contribution in [0.2, 0.25) is 0 Å². The van der Waals surface area contributed by atoms with Gasteiger partial charge in [0.25, 0.3) is 0 Å². The molecule has 1 aromatic carbocycles. The fourth-order valence-electron chi connectivity index (χ4n) is 1.38. The van der Waals surface area contributed by atoms with Crippen molar-refractivity contribution in [3.63, 3.8) is 0 Å². The van der Waals surface area contributed by atoms with E-state index in [0.717, 1.165) is 12.1 Å². The Labute approximate surface area is 105 Å². The molecule has 0 aliphatic carbocycles. The van der Waals surface area contributed by atoms with Gasteiger partial charge in [0.2, 0.25) is 0 Å². The van der Waals surface area contributed by atoms with Gasteiger partial charge in [-0.25, -0.2) is 0 Å². The van der Waals surface area contributed by atoms with E-state index in [4.69, 9.17) is 5.73 Å². The minimum absolute atomic E-state index is 0.123. The molecule has 102 valence electrons. The molecule has 0 spiro atoms. The van der Waals surface area contributed by atoms with Crippen molar-refractivity contribution in [1.29, 1.82) is 0 Å². The third-order valence-corrected chi connectivity index (χ3v) is 4.34. The number of rotatable bonds is 6. The molecule has 1 rings (SSSR count). The first-order valence-electron chi connectivity index (χ1n) is 5.50. The first-order chi connectivity index (χ1) is 8.37. The molecule has 0 radical (unpaired) electrons. The van der Waals surface area contributed by atoms with Gasteiger partial charge in [-0.2, -0.15) is 8.78 Å². The van der Waals surface area contributed by atoms with E-state index in [0.29, 0.717) is 5.69 Å². The summed E-state index contributed by atoms with van der Waals surface area (Å²) in [5, 5.41) is 0. The van der Waals surface area contributed by atoms with E-state index < -0.39 is 18.8 Å². The Hall–Kier alpha value is -0.970. The second-order valence-corrected chi connectivity index (χ2v) is 5.57. The van der Waals surface area contributed by atoms with Crippen LogP contribution in [0.15, 0.2) is 24.3 Å². The van der Waals surface area contributed by atoms with Gasteiger partial charge in [-0.15, -0.1) is 0 Å². The molecular weight excluding hydrogens is 263 g/mol. The summed E-state index contributed by atoms with van der Waals surface area (Å²) in [6.45, 7) is 2.71. The van der Waals surface area contributed by atoms with Gasteiger partial charge in [-0.1, -0.05) is 12.1 Å². The normalized spacial score (nSPS) is 12.7. The van der Waals surface area contributed by atoms with Crippen molar-refractivity contribution in [1.82, 2.24) is 0 Å². The predicted molar refractivity (Wildman–Crippen MR) is 65.6 cm³/mol. The van der Waals surface area contributed by atoms with Crippen molar-refractivity contribution in [3.8, 4) is 0 Å². The molecule has 0 aliphatic rings. The Balaban J connectivity index is 3.15. The highest BCUT2D eigenvalue weighted by molar-refractivity contribution is 7.54. The van der Waals surface area contributed by atoms with Crippen molar-refractivity contribution in [3.05, 3.63) is 29.8 Å². The second-order valence-electron chi connectivity index (χ2n) is 3.50. The van der Waals surface area contributed by atoms with Crippen molar-refractivity contribution in [2.24, 2.45) is 0 Å². The van der Waals surface area contributed by atoms with Gasteiger partial charge in [0, 0.05) is 11.3 Å². The molecule has 0 amide bonds. The molecule has 18 heavy (non-hydrogen) atoms. The Kier molecular flexibility index (Phi) is 4.85. The first kappa shape index (κ1) is 15.1. The second kappa shape index (κ2) is 5.78. The topological polar surface area (TPSA) is 61.5 Å². The van der Waals surface area contributed by atoms with E-state index in [1.54, 1.807) is 0 Å². The smallest absolute Gasteiger partial charge is 0.399 e. The number of hydrogen-bond donors (Lipinski definition) is 1. The maximum Gasteiger partial charge on any atom is 0.404 e. The quantitative estimate of drug-likeness (QED) is 0.638. The largest absolute Gasteiger partial charge is 0.404 e. The Morgan fingerprint density at radius 1 is 1.17 bits per heavy atom. The maximum atomic E-state index is 14.2. The molecule has 4 nitrogen and oxygen atoms in total. The molecular formula is C11H16F2NO3P. The average Bonchev–Trinajstić information content (AvgIpc) is 2.30. The summed E-state index contributed by atoms with van der Waals surface area (Å²) in [6.07, 6.45) is 0. The third kappa shape index (κ3) is 2.88. The number of alkyl halides is 2. The summed E-state index contributed by atoms with van der Waals surface area (Å²) in [5.41, 5.74) is 1.62. The van der Waals surface area contributed by atoms with Gasteiger partial charge >= 0.3 is 13.3 Å². The van der Waals surface area contributed by atoms with Gasteiger partial charge in [0.05, 0.1) is 13.2 Å². The van der Waals surface area contributed by atoms with E-state index >= 15 is 0 Å². The molecule has 0 aliphatic heterocycles. The lowest BCUT2D eigenvalue weighted by atomic mass is 10.2. The summed E-state index contributed by atoms with van der Waals surface area (Å²) in [7, 11) is -4.53. The van der Waals surface area contributed by atoms with Gasteiger partial charge in [0.15, 0.2) is 0 Å². The number of nitrogens with two attached hydrogens (primary N) is 1. The van der Waals surface area contributed by atoms with Crippen molar-refractivity contribution in [2.75, 3.05) is 18.9 Å². The minimum Gasteiger partial charge on any atom is -0.399 e. The van der Waals surface area contributed by atoms with E-state index in [1.165, 1.54) is 26.0 Å². The SMILES string of the molecule is CCOP(=O)(OCC)C(F)(F)c1ccc(N)cc1. The third-order valence-electron chi connectivity index (χ3n) is 2.20. The van der Waals surface area contributed by atoms with Gasteiger partial charge in [0.1, 0.15) is 0 Å². The maximum absolute atomic E-state index is 14.2. The van der Waals surface area contributed by atoms with Crippen molar-refractivity contribution in [2.45, 2.75) is 19.5 Å². The Morgan fingerprint density at radius 3 is 2.00 bits per heavy atom. The molecule has 0 saturated heterocycles. The fraction of sp³-hybridized carbons (Fsp3) is 0.455. The number of halogens is 2. The molecule has 0 fully saturated rings. The van der Waals surface area contributed by atoms with Crippen LogP contribution in [0.4, 0.5) is 14.5 Å². The highest BCUT2D eigenvalue weighted by Gasteiger charge is 2.54. The molecule has 0 aromatic heterocycles. The highest BCUT2D eigenvalue weighted by Crippen LogP contribution is 2.66. The lowest BCUT2D eigenvalue weighted by molar-refractivity contribution is 0.0361. The van der Waals surface area contributed by atoms with Crippen LogP contribution in [0, 0.1) is 0 Å². The number of anilines is 1. The summed E-state index contributed by atoms with van der Waals surface area (Å²) in [6, 6.07) is 4.84. The summed E-state index contributed by atoms with van der Waals surface area (Å²) >= 11 is 0. The molecule has 0 bridgehead atoms. The van der Waals surface area contributed by atoms with Gasteiger partial charge < -0.3 is 14.8 Å². The van der Waals surface area contributed by atoms with Crippen LogP contribution in [-0.2, 0) is 19.3 Å². The van der Waals surface area contributed by atoms with Crippen LogP contribution in [0.1, 0.15) is 19.4 Å². The Morgan fingerprint density at radius 2 is 1.61 bits per heavy atom. The van der Waals surface area contributed by atoms with Crippen LogP contribution < -0.4 is 5.73 Å². The van der Waals surface area contributed by atoms with E-state index in [2.05, 4.69) is 9.05 Å². The average molecular weight is 279 g/mol. The van der Waals surface area contributed by atoms with E-state index in [1.807, 2.05) is 0 Å². The first-order valence-corrected chi connectivity index (χ1v) is 7.04. The standard InChI is InChI=1S/C11H16F2NO3P/c1-3-16-18(15,17-4-2)11(12,13)9-5-7-10(14)8-6-9/h5-8H,3-4,14H2,1-2H3. The van der Waals surface area contributed by atoms with Crippen LogP contribution in [0.5, 0.6) is 0 Å². The monoisotopic (exact) mass is 279 g/mol. The number of hydrogen-bond acceptors (Lipinski definition) is 4. The summed E-state index contributed by atoms with van der Waals surface area (Å²) < 4.78 is 49.8. The summed E-state index contributed by atoms with van der Waals surface area (Å²) in [5.74, 6) is 0. The molecule has 0 saturated carbocycles. The van der Waals surface area contributed by atoms with Crippen molar-refractivity contribution < 1.29 is 22.4 Å². The van der Waals surface area contributed by atoms with E-state index in [-0.39, 0.29) is 13.2 Å². The zero-order valence-electron chi connectivity index (χ0n) is 10.2.